The molecule has 3 aliphatic rings. The molecule has 0 amide bonds. The molecule has 0 radical (unpaired) electrons. The van der Waals surface area contributed by atoms with Gasteiger partial charge in [-0.15, -0.1) is 0 Å². The van der Waals surface area contributed by atoms with Gasteiger partial charge in [-0.3, -0.25) is 9.69 Å². The first-order valence-electron chi connectivity index (χ1n) is 7.62. The number of hydrogen-bond donors (Lipinski definition) is 0. The van der Waals surface area contributed by atoms with E-state index in [2.05, 4.69) is 4.90 Å². The van der Waals surface area contributed by atoms with E-state index < -0.39 is 0 Å². The topological polar surface area (TPSA) is 20.3 Å². The van der Waals surface area contributed by atoms with Crippen molar-refractivity contribution in [2.75, 3.05) is 6.54 Å². The van der Waals surface area contributed by atoms with Crippen LogP contribution >= 0.6 is 0 Å². The van der Waals surface area contributed by atoms with E-state index in [1.807, 2.05) is 0 Å². The van der Waals surface area contributed by atoms with Gasteiger partial charge in [-0.05, 0) is 51.0 Å². The highest BCUT2D eigenvalue weighted by atomic mass is 16.1. The molecule has 1 saturated heterocycles. The Kier molecular flexibility index (Phi) is 3.51. The van der Waals surface area contributed by atoms with Crippen LogP contribution in [0.5, 0.6) is 0 Å². The van der Waals surface area contributed by atoms with Crippen LogP contribution in [0.1, 0.15) is 64.2 Å². The van der Waals surface area contributed by atoms with Crippen molar-refractivity contribution in [1.82, 2.24) is 4.90 Å². The number of rotatable bonds is 2. The smallest absolute Gasteiger partial charge is 0.133 e. The molecule has 3 fully saturated rings. The Balaban J connectivity index is 1.62. The Labute approximate surface area is 105 Å². The second-order valence-corrected chi connectivity index (χ2v) is 6.26. The van der Waals surface area contributed by atoms with Gasteiger partial charge >= 0.3 is 0 Å². The molecule has 17 heavy (non-hydrogen) atoms. The number of carbonyl (C=O) groups is 1. The highest BCUT2D eigenvalue weighted by molar-refractivity contribution is 5.79. The molecule has 3 rings (SSSR count). The maximum atomic E-state index is 11.3. The Morgan fingerprint density at radius 1 is 0.882 bits per heavy atom. The molecule has 0 N–H and O–H groups in total. The molecule has 0 aromatic carbocycles. The number of ketones is 1. The van der Waals surface area contributed by atoms with Crippen molar-refractivity contribution in [2.24, 2.45) is 5.92 Å². The Hall–Kier alpha value is -0.370. The third kappa shape index (κ3) is 2.42. The quantitative estimate of drug-likeness (QED) is 0.733. The van der Waals surface area contributed by atoms with E-state index in [9.17, 15) is 4.79 Å². The molecule has 0 aromatic heterocycles. The van der Waals surface area contributed by atoms with Crippen molar-refractivity contribution >= 4 is 5.78 Å². The van der Waals surface area contributed by atoms with Crippen LogP contribution in [0.3, 0.4) is 0 Å². The third-order valence-corrected chi connectivity index (χ3v) is 5.27. The van der Waals surface area contributed by atoms with Gasteiger partial charge in [0.1, 0.15) is 5.78 Å². The predicted octanol–water partition coefficient (Wildman–Crippen LogP) is 3.15. The van der Waals surface area contributed by atoms with Crippen molar-refractivity contribution in [2.45, 2.75) is 76.3 Å². The van der Waals surface area contributed by atoms with Crippen LogP contribution in [0.25, 0.3) is 0 Å². The first-order valence-corrected chi connectivity index (χ1v) is 7.62. The Morgan fingerprint density at radius 3 is 2.29 bits per heavy atom. The Bertz CT molecular complexity index is 273. The van der Waals surface area contributed by atoms with Gasteiger partial charge in [-0.25, -0.2) is 0 Å². The van der Waals surface area contributed by atoms with Crippen molar-refractivity contribution in [3.05, 3.63) is 0 Å². The summed E-state index contributed by atoms with van der Waals surface area (Å²) in [7, 11) is 0. The van der Waals surface area contributed by atoms with Crippen molar-refractivity contribution in [1.29, 1.82) is 0 Å². The second kappa shape index (κ2) is 5.09. The van der Waals surface area contributed by atoms with Gasteiger partial charge in [0.05, 0.1) is 0 Å². The van der Waals surface area contributed by atoms with E-state index in [0.717, 1.165) is 43.7 Å². The molecule has 1 atom stereocenters. The molecule has 1 heterocycles. The molecule has 96 valence electrons. The predicted molar refractivity (Wildman–Crippen MR) is 68.9 cm³/mol. The summed E-state index contributed by atoms with van der Waals surface area (Å²) < 4.78 is 0. The minimum atomic E-state index is 0.498. The fraction of sp³-hybridized carbons (Fsp3) is 0.933. The van der Waals surface area contributed by atoms with Gasteiger partial charge in [0.15, 0.2) is 0 Å². The van der Waals surface area contributed by atoms with E-state index in [4.69, 9.17) is 0 Å². The lowest BCUT2D eigenvalue weighted by Crippen LogP contribution is -2.44. The molecule has 2 aliphatic carbocycles. The SMILES string of the molecule is O=C1CCC(N2CCCC2C2CCCC2)CC1. The standard InChI is InChI=1S/C15H25NO/c17-14-9-7-13(8-10-14)16-11-3-6-15(16)12-4-1-2-5-12/h12-13,15H,1-11H2. The maximum Gasteiger partial charge on any atom is 0.133 e. The van der Waals surface area contributed by atoms with E-state index >= 15 is 0 Å². The summed E-state index contributed by atoms with van der Waals surface area (Å²) in [6.07, 6.45) is 12.6. The molecule has 2 nitrogen and oxygen atoms in total. The lowest BCUT2D eigenvalue weighted by Gasteiger charge is -2.37. The summed E-state index contributed by atoms with van der Waals surface area (Å²) in [5.74, 6) is 1.48. The fourth-order valence-electron chi connectivity index (χ4n) is 4.37. The largest absolute Gasteiger partial charge is 0.300 e. The van der Waals surface area contributed by atoms with E-state index in [-0.39, 0.29) is 0 Å². The van der Waals surface area contributed by atoms with Crippen molar-refractivity contribution < 1.29 is 4.79 Å². The van der Waals surface area contributed by atoms with Gasteiger partial charge in [0, 0.05) is 24.9 Å². The summed E-state index contributed by atoms with van der Waals surface area (Å²) in [6.45, 7) is 1.31. The van der Waals surface area contributed by atoms with E-state index in [1.54, 1.807) is 0 Å². The van der Waals surface area contributed by atoms with Crippen LogP contribution in [0.2, 0.25) is 0 Å². The zero-order valence-corrected chi connectivity index (χ0v) is 10.9. The molecule has 2 saturated carbocycles. The van der Waals surface area contributed by atoms with Crippen LogP contribution in [-0.4, -0.2) is 29.3 Å². The average Bonchev–Trinajstić information content (AvgIpc) is 3.00. The highest BCUT2D eigenvalue weighted by Gasteiger charge is 2.37. The minimum absolute atomic E-state index is 0.498. The van der Waals surface area contributed by atoms with Crippen molar-refractivity contribution in [3.63, 3.8) is 0 Å². The van der Waals surface area contributed by atoms with Gasteiger partial charge in [-0.1, -0.05) is 12.8 Å². The maximum absolute atomic E-state index is 11.3. The first kappa shape index (κ1) is 11.7. The summed E-state index contributed by atoms with van der Waals surface area (Å²) >= 11 is 0. The minimum Gasteiger partial charge on any atom is -0.300 e. The molecule has 1 aliphatic heterocycles. The normalized spacial score (nSPS) is 33.6. The van der Waals surface area contributed by atoms with E-state index in [1.165, 1.54) is 45.1 Å². The fourth-order valence-corrected chi connectivity index (χ4v) is 4.37. The second-order valence-electron chi connectivity index (χ2n) is 6.26. The number of likely N-dealkylation sites (tertiary alicyclic amines) is 1. The summed E-state index contributed by atoms with van der Waals surface area (Å²) in [5.41, 5.74) is 0. The number of nitrogens with zero attached hydrogens (tertiary/aromatic N) is 1. The number of Topliss-reactive ketones (excluding diaryl/α,β-unsaturated/α-hetero) is 1. The monoisotopic (exact) mass is 235 g/mol. The van der Waals surface area contributed by atoms with Gasteiger partial charge in [-0.2, -0.15) is 0 Å². The number of carbonyl (C=O) groups excluding carboxylic acids is 1. The van der Waals surface area contributed by atoms with Crippen molar-refractivity contribution in [3.8, 4) is 0 Å². The zero-order valence-electron chi connectivity index (χ0n) is 10.9. The summed E-state index contributed by atoms with van der Waals surface area (Å²) in [5, 5.41) is 0. The molecular weight excluding hydrogens is 210 g/mol. The molecule has 0 spiro atoms. The zero-order chi connectivity index (χ0) is 11.7. The van der Waals surface area contributed by atoms with Crippen LogP contribution < -0.4 is 0 Å². The van der Waals surface area contributed by atoms with Gasteiger partial charge in [0.2, 0.25) is 0 Å². The molecule has 1 unspecified atom stereocenters. The van der Waals surface area contributed by atoms with Crippen LogP contribution in [0, 0.1) is 5.92 Å². The average molecular weight is 235 g/mol. The van der Waals surface area contributed by atoms with Gasteiger partial charge < -0.3 is 0 Å². The van der Waals surface area contributed by atoms with E-state index in [0.29, 0.717) is 5.78 Å². The summed E-state index contributed by atoms with van der Waals surface area (Å²) in [4.78, 5) is 14.1. The summed E-state index contributed by atoms with van der Waals surface area (Å²) in [6, 6.07) is 1.61. The molecule has 2 heteroatoms. The number of hydrogen-bond acceptors (Lipinski definition) is 2. The van der Waals surface area contributed by atoms with Crippen LogP contribution in [-0.2, 0) is 4.79 Å². The third-order valence-electron chi connectivity index (χ3n) is 5.27. The Morgan fingerprint density at radius 2 is 1.59 bits per heavy atom. The lowest BCUT2D eigenvalue weighted by atomic mass is 9.90. The van der Waals surface area contributed by atoms with Crippen LogP contribution in [0.15, 0.2) is 0 Å². The van der Waals surface area contributed by atoms with Gasteiger partial charge in [0.25, 0.3) is 0 Å². The molecule has 0 bridgehead atoms. The molecule has 0 aromatic rings. The first-order chi connectivity index (χ1) is 8.34. The molecular formula is C15H25NO. The lowest BCUT2D eigenvalue weighted by molar-refractivity contribution is -0.121. The highest BCUT2D eigenvalue weighted by Crippen LogP contribution is 2.38. The van der Waals surface area contributed by atoms with Crippen LogP contribution in [0.4, 0.5) is 0 Å².